The first-order chi connectivity index (χ1) is 55.5. The van der Waals surface area contributed by atoms with Gasteiger partial charge in [-0.1, -0.05) is 41.8 Å². The van der Waals surface area contributed by atoms with Gasteiger partial charge in [0.25, 0.3) is 16.7 Å². The molecular weight excluding hydrogens is 1490 g/mol. The van der Waals surface area contributed by atoms with Crippen molar-refractivity contribution in [1.29, 1.82) is 0 Å². The van der Waals surface area contributed by atoms with Crippen LogP contribution in [0.25, 0.3) is 55.6 Å². The molecule has 0 amide bonds. The Morgan fingerprint density at radius 2 is 0.855 bits per heavy atom. The maximum atomic E-state index is 14.1. The van der Waals surface area contributed by atoms with Gasteiger partial charge in [0, 0.05) is 12.4 Å². The fourth-order valence-corrected chi connectivity index (χ4v) is 12.2. The molecule has 5 aliphatic rings. The van der Waals surface area contributed by atoms with E-state index in [-0.39, 0.29) is 79.0 Å². The van der Waals surface area contributed by atoms with Gasteiger partial charge >= 0.3 is 0 Å². The number of aromatic amines is 4. The molecule has 0 aromatic carbocycles. The summed E-state index contributed by atoms with van der Waals surface area (Å²) in [7, 11) is 0. The topological polar surface area (TPSA) is 735 Å². The summed E-state index contributed by atoms with van der Waals surface area (Å²) >= 11 is 5.04. The van der Waals surface area contributed by atoms with Gasteiger partial charge in [0.05, 0.1) is 77.1 Å². The number of nitrogens with zero attached hydrogens (tertiary/aromatic N) is 14. The lowest BCUT2D eigenvalue weighted by atomic mass is 9.95. The molecule has 15 heterocycles. The highest BCUT2D eigenvalue weighted by atomic mass is 32.1. The monoisotopic (exact) mass is 1560 g/mol. The minimum Gasteiger partial charge on any atom is -0.394 e. The second-order valence-corrected chi connectivity index (χ2v) is 24.2. The van der Waals surface area contributed by atoms with Crippen LogP contribution in [0, 0.1) is 72.2 Å². The minimum absolute atomic E-state index is 0.0151. The van der Waals surface area contributed by atoms with Gasteiger partial charge in [0.2, 0.25) is 23.8 Å². The second-order valence-electron chi connectivity index (χ2n) is 23.8. The number of terminal acetylenes is 5. The minimum atomic E-state index is -3.07. The Bertz CT molecular complexity index is 5800. The third kappa shape index (κ3) is 13.2. The van der Waals surface area contributed by atoms with Gasteiger partial charge in [-0.3, -0.25) is 47.6 Å². The largest absolute Gasteiger partial charge is 0.394 e. The third-order valence-electron chi connectivity index (χ3n) is 17.5. The number of halogens is 1. The van der Waals surface area contributed by atoms with Crippen LogP contribution in [0.4, 0.5) is 34.1 Å². The van der Waals surface area contributed by atoms with Crippen LogP contribution in [-0.4, -0.2) is 286 Å². The van der Waals surface area contributed by atoms with E-state index in [1.165, 1.54) is 40.2 Å². The summed E-state index contributed by atoms with van der Waals surface area (Å²) in [5.41, 5.74) is 13.9. The fraction of sp³-hybridized carbons (Fsp3) is 0.403. The Morgan fingerprint density at radius 1 is 0.482 bits per heavy atom. The van der Waals surface area contributed by atoms with Gasteiger partial charge in [0.1, 0.15) is 83.1 Å². The molecule has 5 fully saturated rings. The number of H-pyrrole nitrogens is 4. The van der Waals surface area contributed by atoms with Crippen LogP contribution in [0.2, 0.25) is 0 Å². The molecule has 29 N–H and O–H groups in total. The van der Waals surface area contributed by atoms with Crippen molar-refractivity contribution in [2.24, 2.45) is 0 Å². The van der Waals surface area contributed by atoms with E-state index in [9.17, 15) is 95.4 Å². The molecule has 10 aromatic rings. The van der Waals surface area contributed by atoms with Gasteiger partial charge in [-0.15, -0.1) is 32.1 Å². The predicted octanol–water partition coefficient (Wildman–Crippen LogP) is -9.99. The van der Waals surface area contributed by atoms with Crippen LogP contribution in [0.3, 0.4) is 0 Å². The van der Waals surface area contributed by atoms with E-state index in [0.717, 1.165) is 26.2 Å². The summed E-state index contributed by atoms with van der Waals surface area (Å²) in [4.78, 5) is 79.8. The first kappa shape index (κ1) is 66.6. The van der Waals surface area contributed by atoms with Crippen LogP contribution in [0.1, 0.15) is 44.8 Å². The lowest BCUT2D eigenvalue weighted by Gasteiger charge is -2.26. The summed E-state index contributed by atoms with van der Waals surface area (Å²) in [5.74, 6) is 7.85. The van der Waals surface area contributed by atoms with Gasteiger partial charge in [-0.25, -0.2) is 29.3 Å². The maximum absolute atomic E-state index is 14.1. The number of aromatic nitrogens is 18. The lowest BCUT2D eigenvalue weighted by molar-refractivity contribution is -0.0721. The van der Waals surface area contributed by atoms with E-state index in [0.29, 0.717) is 5.52 Å². The number of imidazole rings is 3. The van der Waals surface area contributed by atoms with Crippen LogP contribution in [0.5, 0.6) is 0 Å². The number of ether oxygens (including phenoxy) is 5. The van der Waals surface area contributed by atoms with Crippen molar-refractivity contribution in [2.75, 3.05) is 61.5 Å². The zero-order chi connectivity index (χ0) is 89.3. The Labute approximate surface area is 630 Å². The van der Waals surface area contributed by atoms with E-state index in [1.54, 1.807) is 0 Å². The molecule has 20 atom stereocenters. The zero-order valence-corrected chi connectivity index (χ0v) is 55.8. The molecule has 0 spiro atoms. The number of hydrogen-bond donors (Lipinski definition) is 24. The summed E-state index contributed by atoms with van der Waals surface area (Å²) < 4.78 is 119. The highest BCUT2D eigenvalue weighted by Crippen LogP contribution is 2.45. The Hall–Kier alpha value is -11.6. The van der Waals surface area contributed by atoms with Crippen LogP contribution >= 0.6 is 12.2 Å². The van der Waals surface area contributed by atoms with Crippen molar-refractivity contribution in [3.63, 3.8) is 0 Å². The molecule has 0 bridgehead atoms. The number of aliphatic hydroxyl groups excluding tert-OH is 5. The van der Waals surface area contributed by atoms with Crippen molar-refractivity contribution in [2.45, 2.75) is 120 Å². The quantitative estimate of drug-likeness (QED) is 0.0447. The third-order valence-corrected chi connectivity index (χ3v) is 17.8. The number of nitrogen functional groups attached to an aromatic ring is 5. The van der Waals surface area contributed by atoms with Gasteiger partial charge in [-0.05, 0) is 6.07 Å². The molecular formula is C62H66FN23O23S. The lowest BCUT2D eigenvalue weighted by Crippen LogP contribution is -2.45. The number of anilines is 5. The molecule has 0 saturated carbocycles. The molecule has 0 aliphatic carbocycles. The SMILES string of the molecule is [2H]C([2H])(O)[C@H]1O[C@@H](n2cc(F)c3c(=O)[nH]c(N)nc32)C(O)(C#C)[C@H]1O.[2H]C([2H])(O)[C@H]1O[C@@H](n2ccc3c(=O)[nH]c(N)nc32)C(O)(C#C)[C@H]1O.[2H]C([2H])(O)[C@H]1O[C@@H](n2cnc3c(=O)[nH]c(N)nc32)C(O)(C#C)[C@H]1O.[2H]C([2H])(O)[C@H]1O[C@@H](n2cnc3c(=S)nc(N)[nH]c32)C(O)(C#C)[C@H]1O.[2H]C([2H])(O)[C@H]1O[C@@H](n2cnc3cnc(N)nc32)C(O)(C#C)[C@H]1O. The van der Waals surface area contributed by atoms with Crippen LogP contribution < -0.4 is 45.3 Å². The molecule has 15 rings (SSSR count). The van der Waals surface area contributed by atoms with Crippen LogP contribution in [-0.2, 0) is 23.7 Å². The van der Waals surface area contributed by atoms with E-state index in [2.05, 4.69) is 64.8 Å². The normalized spacial score (nSPS) is 33.5. The van der Waals surface area contributed by atoms with Crippen molar-refractivity contribution in [3.8, 4) is 61.7 Å². The fourth-order valence-electron chi connectivity index (χ4n) is 12.0. The van der Waals surface area contributed by atoms with Crippen molar-refractivity contribution in [1.82, 2.24) is 87.6 Å². The molecule has 0 radical (unpaired) electrons. The number of hydrogen-bond acceptors (Lipinski definition) is 38. The van der Waals surface area contributed by atoms with E-state index in [4.69, 9.17) is 110 Å². The smallest absolute Gasteiger partial charge is 0.280 e. The first-order valence-electron chi connectivity index (χ1n) is 35.6. The molecule has 110 heavy (non-hydrogen) atoms. The molecule has 46 nitrogen and oxygen atoms in total. The predicted molar refractivity (Wildman–Crippen MR) is 373 cm³/mol. The number of nitrogens with two attached hydrogens (primary N) is 5. The van der Waals surface area contributed by atoms with E-state index in [1.807, 2.05) is 29.6 Å². The average Bonchev–Trinajstić information content (AvgIpc) is 1.62. The second kappa shape index (κ2) is 30.1. The highest BCUT2D eigenvalue weighted by Gasteiger charge is 2.60. The number of nitrogens with one attached hydrogen (secondary N) is 4. The molecule has 48 heteroatoms. The number of aliphatic hydroxyl groups is 15. The summed E-state index contributed by atoms with van der Waals surface area (Å²) in [5, 5.41) is 151. The van der Waals surface area contributed by atoms with Gasteiger partial charge in [-0.2, -0.15) is 19.9 Å². The van der Waals surface area contributed by atoms with E-state index >= 15 is 0 Å². The molecule has 5 unspecified atom stereocenters. The van der Waals surface area contributed by atoms with Crippen molar-refractivity contribution in [3.05, 3.63) is 85.2 Å². The Kier molecular flexibility index (Phi) is 18.2. The van der Waals surface area contributed by atoms with E-state index < -0.39 is 181 Å². The first-order valence-corrected chi connectivity index (χ1v) is 31.0. The zero-order valence-electron chi connectivity index (χ0n) is 65.0. The maximum Gasteiger partial charge on any atom is 0.280 e. The van der Waals surface area contributed by atoms with Gasteiger partial charge in [0.15, 0.2) is 104 Å². The Balaban J connectivity index is 0.000000147. The summed E-state index contributed by atoms with van der Waals surface area (Å²) in [6.45, 7) is -14.9. The molecule has 10 aromatic heterocycles. The molecule has 580 valence electrons. The van der Waals surface area contributed by atoms with Crippen molar-refractivity contribution < 1.29 is 118 Å². The summed E-state index contributed by atoms with van der Waals surface area (Å²) in [6, 6.07) is 1.37. The van der Waals surface area contributed by atoms with Gasteiger partial charge < -0.3 is 139 Å². The average molecular weight is 1560 g/mol. The molecule has 5 aliphatic heterocycles. The standard InChI is InChI=1S/C13H13FN4O5.C13H14N4O5.C12H13N5O5.C12H13N5O4S.C12H13N5O4/c1-2-13(22)8(20)6(4-19)23-11(13)18-3-5(14)7-9(18)16-12(15)17-10(7)21;1-2-13(21)8(19)7(5-18)22-11(13)17-4-3-6-9(17)15-12(14)16-10(6)20;1-2-12(21)7(19)5(3-18)22-10(12)17-4-14-6-8(17)15-11(13)16-9(6)20;1-2-12(20)7(19)5(3-18)21-10(12)17-4-14-6-8(17)15-11(13)16-9(6)22;1-2-12(20)8(19)7(4-18)21-10(12)17-5-15-6-3-14-11(13)16-9(6)17/h1,3,6,8,11,19-20,22H,4H2,(H3,15,16,17,21);1,3-4,7-8,11,18-19,21H,5H2,(H3,14,15,16,20);1,4-5,7,10,18-19,21H,3H2,(H3,13,15,16,20);1,4-5,7,10,18-20H,3H2,(H3,13,15,16,22);1,3,5,7-8,10,18-20H,4H2,(H2,13,14,16)/t6-,8+,11-,13?;7-,8+,11-,13?;2*5-,7+,10-,12?;7-,8+,10-,12?/m11111/s1/i4D2;5D2;2*3D2;4D2. The summed E-state index contributed by atoms with van der Waals surface area (Å²) in [6.07, 6.45) is 6.75. The Morgan fingerprint density at radius 3 is 1.32 bits per heavy atom. The number of fused-ring (bicyclic) bond motifs is 5. The van der Waals surface area contributed by atoms with Crippen LogP contribution in [0.15, 0.2) is 58.0 Å². The van der Waals surface area contributed by atoms with Crippen molar-refractivity contribution >= 4 is 97.5 Å². The number of rotatable bonds is 10. The molecule has 5 saturated heterocycles. The highest BCUT2D eigenvalue weighted by molar-refractivity contribution is 7.71.